The van der Waals surface area contributed by atoms with Crippen molar-refractivity contribution in [3.8, 4) is 11.4 Å². The predicted molar refractivity (Wildman–Crippen MR) is 108 cm³/mol. The molecule has 0 radical (unpaired) electrons. The van der Waals surface area contributed by atoms with Gasteiger partial charge in [0.1, 0.15) is 6.33 Å². The first-order chi connectivity index (χ1) is 13.7. The molecule has 0 unspecified atom stereocenters. The zero-order valence-electron chi connectivity index (χ0n) is 16.4. The van der Waals surface area contributed by atoms with Gasteiger partial charge in [0, 0.05) is 37.2 Å². The van der Waals surface area contributed by atoms with E-state index >= 15 is 0 Å². The van der Waals surface area contributed by atoms with E-state index in [0.717, 1.165) is 43.1 Å². The van der Waals surface area contributed by atoms with Gasteiger partial charge in [0.25, 0.3) is 5.91 Å². The number of hydrogen-bond acceptors (Lipinski definition) is 4. The molecule has 2 aromatic rings. The highest BCUT2D eigenvalue weighted by atomic mass is 16.2. The average Bonchev–Trinajstić information content (AvgIpc) is 3.35. The molecule has 1 aromatic heterocycles. The molecule has 28 heavy (non-hydrogen) atoms. The number of carbonyl (C=O) groups is 1. The number of carbonyl (C=O) groups excluding carboxylic acids is 1. The summed E-state index contributed by atoms with van der Waals surface area (Å²) in [5, 5.41) is 6.83. The summed E-state index contributed by atoms with van der Waals surface area (Å²) in [6, 6.07) is 7.73. The first kappa shape index (κ1) is 17.9. The number of piperidine rings is 1. The minimum Gasteiger partial charge on any atom is -0.338 e. The molecule has 1 atom stereocenters. The standard InChI is InChI=1S/C22H29N5O/c28-21(19-8-2-1-7-18(19)20-23-16-24-25-20)27-12-10-22(15-27)9-4-11-26(14-22)13-17-5-3-6-17/h1-2,7-8,16-17H,3-6,9-15H2,(H,23,24,25)/t22-/m1/s1. The van der Waals surface area contributed by atoms with Gasteiger partial charge in [0.15, 0.2) is 5.82 Å². The van der Waals surface area contributed by atoms with Crippen molar-refractivity contribution in [3.05, 3.63) is 36.2 Å². The largest absolute Gasteiger partial charge is 0.338 e. The smallest absolute Gasteiger partial charge is 0.254 e. The molecule has 148 valence electrons. The Morgan fingerprint density at radius 2 is 2.04 bits per heavy atom. The summed E-state index contributed by atoms with van der Waals surface area (Å²) in [6.07, 6.45) is 9.37. The topological polar surface area (TPSA) is 65.1 Å². The molecule has 1 saturated carbocycles. The maximum Gasteiger partial charge on any atom is 0.254 e. The van der Waals surface area contributed by atoms with Gasteiger partial charge in [0.05, 0.1) is 5.56 Å². The van der Waals surface area contributed by atoms with Gasteiger partial charge in [-0.15, -0.1) is 0 Å². The van der Waals surface area contributed by atoms with Crippen LogP contribution in [0.15, 0.2) is 30.6 Å². The Bertz CT molecular complexity index is 831. The van der Waals surface area contributed by atoms with E-state index < -0.39 is 0 Å². The molecule has 2 saturated heterocycles. The summed E-state index contributed by atoms with van der Waals surface area (Å²) in [6.45, 7) is 5.42. The molecule has 3 heterocycles. The average molecular weight is 380 g/mol. The molecule has 2 aliphatic heterocycles. The third-order valence-electron chi connectivity index (χ3n) is 7.03. The highest BCUT2D eigenvalue weighted by Gasteiger charge is 2.43. The van der Waals surface area contributed by atoms with Gasteiger partial charge in [-0.1, -0.05) is 24.6 Å². The van der Waals surface area contributed by atoms with Crippen molar-refractivity contribution in [1.82, 2.24) is 25.0 Å². The van der Waals surface area contributed by atoms with Crippen LogP contribution in [-0.2, 0) is 0 Å². The van der Waals surface area contributed by atoms with Gasteiger partial charge in [-0.05, 0) is 50.6 Å². The van der Waals surface area contributed by atoms with Crippen molar-refractivity contribution < 1.29 is 4.79 Å². The van der Waals surface area contributed by atoms with Crippen molar-refractivity contribution in [2.45, 2.75) is 38.5 Å². The Labute approximate surface area is 166 Å². The van der Waals surface area contributed by atoms with Crippen LogP contribution in [0, 0.1) is 11.3 Å². The molecule has 1 spiro atoms. The van der Waals surface area contributed by atoms with Crippen LogP contribution >= 0.6 is 0 Å². The maximum atomic E-state index is 13.4. The normalized spacial score (nSPS) is 25.9. The lowest BCUT2D eigenvalue weighted by Crippen LogP contribution is -2.47. The highest BCUT2D eigenvalue weighted by molar-refractivity contribution is 6.00. The summed E-state index contributed by atoms with van der Waals surface area (Å²) in [5.41, 5.74) is 1.85. The Hall–Kier alpha value is -2.21. The van der Waals surface area contributed by atoms with Gasteiger partial charge in [0.2, 0.25) is 0 Å². The number of amides is 1. The Morgan fingerprint density at radius 1 is 1.14 bits per heavy atom. The van der Waals surface area contributed by atoms with Crippen molar-refractivity contribution in [3.63, 3.8) is 0 Å². The Balaban J connectivity index is 1.30. The summed E-state index contributed by atoms with van der Waals surface area (Å²) in [5.74, 6) is 1.70. The monoisotopic (exact) mass is 379 g/mol. The van der Waals surface area contributed by atoms with E-state index in [-0.39, 0.29) is 5.91 Å². The third kappa shape index (κ3) is 3.34. The molecular weight excluding hydrogens is 350 g/mol. The van der Waals surface area contributed by atoms with E-state index in [1.54, 1.807) is 0 Å². The minimum atomic E-state index is 0.125. The first-order valence-electron chi connectivity index (χ1n) is 10.7. The molecule has 5 rings (SSSR count). The fourth-order valence-corrected chi connectivity index (χ4v) is 5.33. The first-order valence-corrected chi connectivity index (χ1v) is 10.7. The SMILES string of the molecule is O=C(c1ccccc1-c1ncn[nH]1)N1CC[C@@]2(CCCN(CC3CCC3)C2)C1. The minimum absolute atomic E-state index is 0.125. The number of H-pyrrole nitrogens is 1. The summed E-state index contributed by atoms with van der Waals surface area (Å²) in [7, 11) is 0. The van der Waals surface area contributed by atoms with Gasteiger partial charge < -0.3 is 9.80 Å². The van der Waals surface area contributed by atoms with Crippen LogP contribution in [0.2, 0.25) is 0 Å². The van der Waals surface area contributed by atoms with Gasteiger partial charge in [-0.3, -0.25) is 9.89 Å². The molecule has 1 N–H and O–H groups in total. The number of rotatable bonds is 4. The molecule has 6 heteroatoms. The van der Waals surface area contributed by atoms with E-state index in [1.807, 2.05) is 24.3 Å². The van der Waals surface area contributed by atoms with E-state index in [2.05, 4.69) is 25.0 Å². The van der Waals surface area contributed by atoms with E-state index in [1.165, 1.54) is 51.5 Å². The van der Waals surface area contributed by atoms with Crippen LogP contribution in [0.5, 0.6) is 0 Å². The van der Waals surface area contributed by atoms with Crippen LogP contribution in [-0.4, -0.2) is 63.6 Å². The lowest BCUT2D eigenvalue weighted by molar-refractivity contribution is 0.0595. The van der Waals surface area contributed by atoms with Crippen molar-refractivity contribution in [2.24, 2.45) is 11.3 Å². The molecule has 3 fully saturated rings. The van der Waals surface area contributed by atoms with Crippen LogP contribution in [0.1, 0.15) is 48.9 Å². The summed E-state index contributed by atoms with van der Waals surface area (Å²) >= 11 is 0. The molecule has 1 aliphatic carbocycles. The van der Waals surface area contributed by atoms with Crippen LogP contribution < -0.4 is 0 Å². The predicted octanol–water partition coefficient (Wildman–Crippen LogP) is 3.20. The number of aromatic amines is 1. The number of hydrogen-bond donors (Lipinski definition) is 1. The van der Waals surface area contributed by atoms with Crippen LogP contribution in [0.25, 0.3) is 11.4 Å². The quantitative estimate of drug-likeness (QED) is 0.886. The van der Waals surface area contributed by atoms with Crippen LogP contribution in [0.3, 0.4) is 0 Å². The van der Waals surface area contributed by atoms with Crippen molar-refractivity contribution >= 4 is 5.91 Å². The second-order valence-electron chi connectivity index (χ2n) is 8.99. The summed E-state index contributed by atoms with van der Waals surface area (Å²) in [4.78, 5) is 22.4. The lowest BCUT2D eigenvalue weighted by atomic mass is 9.78. The van der Waals surface area contributed by atoms with E-state index in [4.69, 9.17) is 0 Å². The van der Waals surface area contributed by atoms with Crippen LogP contribution in [0.4, 0.5) is 0 Å². The number of aromatic nitrogens is 3. The lowest BCUT2D eigenvalue weighted by Gasteiger charge is -2.43. The maximum absolute atomic E-state index is 13.4. The van der Waals surface area contributed by atoms with Crippen molar-refractivity contribution in [1.29, 1.82) is 0 Å². The summed E-state index contributed by atoms with van der Waals surface area (Å²) < 4.78 is 0. The molecule has 0 bridgehead atoms. The van der Waals surface area contributed by atoms with Gasteiger partial charge in [-0.2, -0.15) is 5.10 Å². The van der Waals surface area contributed by atoms with Gasteiger partial charge >= 0.3 is 0 Å². The molecule has 1 amide bonds. The molecule has 3 aliphatic rings. The third-order valence-corrected chi connectivity index (χ3v) is 7.03. The molecular formula is C22H29N5O. The van der Waals surface area contributed by atoms with Gasteiger partial charge in [-0.25, -0.2) is 4.98 Å². The number of nitrogens with zero attached hydrogens (tertiary/aromatic N) is 4. The van der Waals surface area contributed by atoms with E-state index in [0.29, 0.717) is 11.2 Å². The second kappa shape index (κ2) is 7.32. The second-order valence-corrected chi connectivity index (χ2v) is 8.99. The number of likely N-dealkylation sites (tertiary alicyclic amines) is 2. The van der Waals surface area contributed by atoms with Crippen molar-refractivity contribution in [2.75, 3.05) is 32.7 Å². The number of benzene rings is 1. The highest BCUT2D eigenvalue weighted by Crippen LogP contribution is 2.41. The molecule has 1 aromatic carbocycles. The fourth-order valence-electron chi connectivity index (χ4n) is 5.33. The molecule has 6 nitrogen and oxygen atoms in total. The number of nitrogens with one attached hydrogen (secondary N) is 1. The Kier molecular flexibility index (Phi) is 4.67. The zero-order valence-corrected chi connectivity index (χ0v) is 16.4. The fraction of sp³-hybridized carbons (Fsp3) is 0.591. The Morgan fingerprint density at radius 3 is 2.82 bits per heavy atom. The van der Waals surface area contributed by atoms with E-state index in [9.17, 15) is 4.79 Å². The zero-order chi connectivity index (χ0) is 19.0.